The summed E-state index contributed by atoms with van der Waals surface area (Å²) in [6, 6.07) is 2.73. The maximum absolute atomic E-state index is 11.8. The minimum Gasteiger partial charge on any atom is -0.480 e. The largest absolute Gasteiger partial charge is 0.480 e. The average Bonchev–Trinajstić information content (AvgIpc) is 2.61. The Kier molecular flexibility index (Phi) is 7.55. The van der Waals surface area contributed by atoms with Gasteiger partial charge in [-0.3, -0.25) is 9.59 Å². The van der Waals surface area contributed by atoms with E-state index in [-0.39, 0.29) is 18.9 Å². The van der Waals surface area contributed by atoms with E-state index < -0.39 is 22.0 Å². The Morgan fingerprint density at radius 3 is 2.81 bits per heavy atom. The Morgan fingerprint density at radius 2 is 2.11 bits per heavy atom. The second-order valence-corrected chi connectivity index (χ2v) is 8.41. The number of anilines is 1. The summed E-state index contributed by atoms with van der Waals surface area (Å²) in [5, 5.41) is 14.7. The molecule has 0 aliphatic carbocycles. The molecule has 1 aromatic heterocycles. The molecule has 2 heterocycles. The maximum Gasteiger partial charge on any atom is 0.323 e. The summed E-state index contributed by atoms with van der Waals surface area (Å²) in [6.45, 7) is 0.647. The van der Waals surface area contributed by atoms with Crippen LogP contribution >= 0.6 is 0 Å². The maximum atomic E-state index is 11.8. The fourth-order valence-corrected chi connectivity index (χ4v) is 3.54. The van der Waals surface area contributed by atoms with Gasteiger partial charge in [0.1, 0.15) is 11.9 Å². The molecule has 1 atom stereocenters. The molecule has 1 amide bonds. The molecule has 4 N–H and O–H groups in total. The highest BCUT2D eigenvalue weighted by molar-refractivity contribution is 7.88. The predicted octanol–water partition coefficient (Wildman–Crippen LogP) is 0.271. The second-order valence-electron chi connectivity index (χ2n) is 6.63. The fraction of sp³-hybridized carbons (Fsp3) is 0.588. The lowest BCUT2D eigenvalue weighted by molar-refractivity contribution is -0.138. The number of carbonyl (C=O) groups excluding carboxylic acids is 1. The SMILES string of the molecule is CS(=O)(=O)N[C@@H](CNC(=O)CCCCc1ccc2c(n1)NCCC2)C(=O)O. The molecule has 1 aliphatic rings. The van der Waals surface area contributed by atoms with Crippen molar-refractivity contribution in [3.8, 4) is 0 Å². The van der Waals surface area contributed by atoms with Gasteiger partial charge in [0.05, 0.1) is 6.26 Å². The van der Waals surface area contributed by atoms with Crippen LogP contribution in [0.25, 0.3) is 0 Å². The van der Waals surface area contributed by atoms with E-state index in [4.69, 9.17) is 5.11 Å². The van der Waals surface area contributed by atoms with Crippen molar-refractivity contribution in [2.24, 2.45) is 0 Å². The second kappa shape index (κ2) is 9.65. The molecule has 1 aliphatic heterocycles. The Hall–Kier alpha value is -2.20. The number of sulfonamides is 1. The first-order valence-electron chi connectivity index (χ1n) is 8.94. The number of nitrogens with zero attached hydrogens (tertiary/aromatic N) is 1. The summed E-state index contributed by atoms with van der Waals surface area (Å²) in [6.07, 6.45) is 5.45. The molecule has 0 fully saturated rings. The van der Waals surface area contributed by atoms with Crippen molar-refractivity contribution in [2.75, 3.05) is 24.7 Å². The molecule has 0 spiro atoms. The highest BCUT2D eigenvalue weighted by Gasteiger charge is 2.21. The Morgan fingerprint density at radius 1 is 1.33 bits per heavy atom. The lowest BCUT2D eigenvalue weighted by atomic mass is 10.1. The highest BCUT2D eigenvalue weighted by atomic mass is 32.2. The van der Waals surface area contributed by atoms with Gasteiger partial charge in [-0.25, -0.2) is 13.4 Å². The lowest BCUT2D eigenvalue weighted by Crippen LogP contribution is -2.48. The molecule has 0 bridgehead atoms. The van der Waals surface area contributed by atoms with Crippen LogP contribution < -0.4 is 15.4 Å². The molecule has 0 saturated heterocycles. The number of aliphatic carboxylic acids is 1. The van der Waals surface area contributed by atoms with Gasteiger partial charge in [-0.2, -0.15) is 4.72 Å². The minimum atomic E-state index is -3.67. The Labute approximate surface area is 159 Å². The van der Waals surface area contributed by atoms with Gasteiger partial charge in [0, 0.05) is 25.2 Å². The van der Waals surface area contributed by atoms with E-state index in [1.165, 1.54) is 5.56 Å². The number of nitrogens with one attached hydrogen (secondary N) is 3. The minimum absolute atomic E-state index is 0.244. The van der Waals surface area contributed by atoms with Crippen molar-refractivity contribution in [1.29, 1.82) is 0 Å². The molecular weight excluding hydrogens is 372 g/mol. The van der Waals surface area contributed by atoms with Gasteiger partial charge in [-0.15, -0.1) is 0 Å². The van der Waals surface area contributed by atoms with E-state index in [9.17, 15) is 18.0 Å². The number of carbonyl (C=O) groups is 2. The number of carboxylic acids is 1. The van der Waals surface area contributed by atoms with Crippen LogP contribution in [0.15, 0.2) is 12.1 Å². The van der Waals surface area contributed by atoms with Crippen LogP contribution in [0, 0.1) is 0 Å². The molecule has 1 aromatic rings. The van der Waals surface area contributed by atoms with Gasteiger partial charge in [-0.1, -0.05) is 6.07 Å². The summed E-state index contributed by atoms with van der Waals surface area (Å²) in [4.78, 5) is 27.5. The molecule has 27 heavy (non-hydrogen) atoms. The van der Waals surface area contributed by atoms with Gasteiger partial charge in [0.15, 0.2) is 0 Å². The van der Waals surface area contributed by atoms with E-state index in [2.05, 4.69) is 21.7 Å². The van der Waals surface area contributed by atoms with Crippen LogP contribution in [0.1, 0.15) is 36.9 Å². The average molecular weight is 398 g/mol. The number of hydrogen-bond acceptors (Lipinski definition) is 6. The van der Waals surface area contributed by atoms with Crippen LogP contribution in [0.3, 0.4) is 0 Å². The van der Waals surface area contributed by atoms with E-state index in [1.54, 1.807) is 0 Å². The quantitative estimate of drug-likeness (QED) is 0.415. The predicted molar refractivity (Wildman–Crippen MR) is 101 cm³/mol. The number of pyridine rings is 1. The van der Waals surface area contributed by atoms with Crippen LogP contribution in [-0.4, -0.2) is 55.8 Å². The number of aryl methyl sites for hydroxylation is 2. The molecule has 0 radical (unpaired) electrons. The van der Waals surface area contributed by atoms with Crippen molar-refractivity contribution < 1.29 is 23.1 Å². The Bertz CT molecular complexity index is 782. The number of rotatable bonds is 10. The van der Waals surface area contributed by atoms with Crippen molar-refractivity contribution in [3.05, 3.63) is 23.4 Å². The van der Waals surface area contributed by atoms with Crippen molar-refractivity contribution in [2.45, 2.75) is 44.6 Å². The number of hydrogen-bond donors (Lipinski definition) is 4. The van der Waals surface area contributed by atoms with Gasteiger partial charge in [0.25, 0.3) is 0 Å². The van der Waals surface area contributed by atoms with Gasteiger partial charge in [0.2, 0.25) is 15.9 Å². The zero-order chi connectivity index (χ0) is 19.9. The summed E-state index contributed by atoms with van der Waals surface area (Å²) in [5.41, 5.74) is 2.21. The molecule has 0 unspecified atom stereocenters. The summed E-state index contributed by atoms with van der Waals surface area (Å²) >= 11 is 0. The van der Waals surface area contributed by atoms with E-state index >= 15 is 0 Å². The van der Waals surface area contributed by atoms with Crippen molar-refractivity contribution in [1.82, 2.24) is 15.0 Å². The first-order valence-corrected chi connectivity index (χ1v) is 10.8. The van der Waals surface area contributed by atoms with Crippen LogP contribution in [0.5, 0.6) is 0 Å². The number of unbranched alkanes of at least 4 members (excludes halogenated alkanes) is 1. The van der Waals surface area contributed by atoms with Crippen molar-refractivity contribution >= 4 is 27.7 Å². The number of carboxylic acid groups (broad SMARTS) is 1. The number of aromatic nitrogens is 1. The summed E-state index contributed by atoms with van der Waals surface area (Å²) in [5.74, 6) is -0.695. The zero-order valence-electron chi connectivity index (χ0n) is 15.3. The highest BCUT2D eigenvalue weighted by Crippen LogP contribution is 2.20. The van der Waals surface area contributed by atoms with E-state index in [1.807, 2.05) is 10.8 Å². The standard InChI is InChI=1S/C17H26N4O5S/c1-27(25,26)21-14(17(23)24)11-19-15(22)7-3-2-6-13-9-8-12-5-4-10-18-16(12)20-13/h8-9,14,21H,2-7,10-11H2,1H3,(H,18,20)(H,19,22)(H,23,24)/t14-/m0/s1. The molecule has 0 aromatic carbocycles. The monoisotopic (exact) mass is 398 g/mol. The molecule has 150 valence electrons. The molecule has 2 rings (SSSR count). The normalized spacial score (nSPS) is 14.7. The molecule has 0 saturated carbocycles. The first kappa shape index (κ1) is 21.1. The smallest absolute Gasteiger partial charge is 0.323 e. The van der Waals surface area contributed by atoms with Gasteiger partial charge >= 0.3 is 5.97 Å². The van der Waals surface area contributed by atoms with Gasteiger partial charge in [-0.05, 0) is 43.7 Å². The third kappa shape index (κ3) is 7.51. The summed E-state index contributed by atoms with van der Waals surface area (Å²) < 4.78 is 24.2. The zero-order valence-corrected chi connectivity index (χ0v) is 16.1. The molecule has 9 nitrogen and oxygen atoms in total. The van der Waals surface area contributed by atoms with E-state index in [0.717, 1.165) is 50.0 Å². The third-order valence-corrected chi connectivity index (χ3v) is 4.91. The van der Waals surface area contributed by atoms with Gasteiger partial charge < -0.3 is 15.7 Å². The first-order chi connectivity index (χ1) is 12.7. The van der Waals surface area contributed by atoms with E-state index in [0.29, 0.717) is 6.42 Å². The Balaban J connectivity index is 1.69. The number of amides is 1. The van der Waals surface area contributed by atoms with Crippen LogP contribution in [0.2, 0.25) is 0 Å². The third-order valence-electron chi connectivity index (χ3n) is 4.20. The fourth-order valence-electron chi connectivity index (χ4n) is 2.84. The lowest BCUT2D eigenvalue weighted by Gasteiger charge is -2.17. The topological polar surface area (TPSA) is 137 Å². The molecule has 10 heteroatoms. The van der Waals surface area contributed by atoms with Crippen LogP contribution in [-0.2, 0) is 32.5 Å². The molecular formula is C17H26N4O5S. The number of fused-ring (bicyclic) bond motifs is 1. The summed E-state index contributed by atoms with van der Waals surface area (Å²) in [7, 11) is -3.67. The van der Waals surface area contributed by atoms with Crippen molar-refractivity contribution in [3.63, 3.8) is 0 Å². The van der Waals surface area contributed by atoms with Crippen LogP contribution in [0.4, 0.5) is 5.82 Å².